The van der Waals surface area contributed by atoms with E-state index in [4.69, 9.17) is 0 Å². The largest absolute Gasteiger partial charge is 0.505 e. The van der Waals surface area contributed by atoms with E-state index >= 15 is 0 Å². The molecule has 84 valence electrons. The van der Waals surface area contributed by atoms with Gasteiger partial charge < -0.3 is 5.11 Å². The van der Waals surface area contributed by atoms with E-state index in [0.29, 0.717) is 11.0 Å². The van der Waals surface area contributed by atoms with Gasteiger partial charge in [-0.1, -0.05) is 12.1 Å². The highest BCUT2D eigenvalue weighted by atomic mass is 79.9. The Morgan fingerprint density at radius 2 is 1.65 bits per heavy atom. The minimum Gasteiger partial charge on any atom is -0.505 e. The zero-order valence-electron chi connectivity index (χ0n) is 9.11. The molecule has 0 aliphatic carbocycles. The van der Waals surface area contributed by atoms with Crippen molar-refractivity contribution in [2.45, 2.75) is 6.92 Å². The fourth-order valence-electron chi connectivity index (χ4n) is 1.85. The maximum Gasteiger partial charge on any atom is 0.146 e. The fraction of sp³-hybridized carbons (Fsp3) is 0.0769. The Labute approximate surface area is 106 Å². The van der Waals surface area contributed by atoms with Gasteiger partial charge in [0.05, 0.1) is 11.0 Å². The summed E-state index contributed by atoms with van der Waals surface area (Å²) in [7, 11) is 0. The van der Waals surface area contributed by atoms with E-state index in [1.807, 2.05) is 37.3 Å². The van der Waals surface area contributed by atoms with Crippen molar-refractivity contribution in [2.75, 3.05) is 0 Å². The number of hydrogen-bond acceptors (Lipinski definition) is 3. The van der Waals surface area contributed by atoms with Crippen LogP contribution in [-0.2, 0) is 0 Å². The lowest BCUT2D eigenvalue weighted by molar-refractivity contribution is 0.476. The zero-order chi connectivity index (χ0) is 12.0. The van der Waals surface area contributed by atoms with E-state index in [9.17, 15) is 5.11 Å². The molecule has 0 aliphatic heterocycles. The molecule has 0 saturated heterocycles. The second-order valence-corrected chi connectivity index (χ2v) is 4.79. The number of aromatic nitrogens is 2. The summed E-state index contributed by atoms with van der Waals surface area (Å²) in [5.74, 6) is 0.196. The second kappa shape index (κ2) is 3.67. The molecule has 0 saturated carbocycles. The van der Waals surface area contributed by atoms with E-state index in [0.717, 1.165) is 21.1 Å². The van der Waals surface area contributed by atoms with E-state index in [1.165, 1.54) is 0 Å². The van der Waals surface area contributed by atoms with Crippen molar-refractivity contribution in [3.63, 3.8) is 0 Å². The topological polar surface area (TPSA) is 46.0 Å². The molecular weight excluding hydrogens is 280 g/mol. The van der Waals surface area contributed by atoms with E-state index in [1.54, 1.807) is 0 Å². The summed E-state index contributed by atoms with van der Waals surface area (Å²) < 4.78 is 0.848. The Kier molecular flexibility index (Phi) is 2.26. The molecule has 0 fully saturated rings. The minimum atomic E-state index is 0.196. The molecule has 3 aromatic rings. The predicted molar refractivity (Wildman–Crippen MR) is 71.1 cm³/mol. The molecular formula is C13H9BrN2O. The first-order valence-corrected chi connectivity index (χ1v) is 6.00. The number of phenols is 1. The summed E-state index contributed by atoms with van der Waals surface area (Å²) in [6.07, 6.45) is 0. The Morgan fingerprint density at radius 3 is 2.29 bits per heavy atom. The molecule has 0 unspecified atom stereocenters. The Hall–Kier alpha value is -1.68. The lowest BCUT2D eigenvalue weighted by Gasteiger charge is -2.06. The van der Waals surface area contributed by atoms with Crippen molar-refractivity contribution in [2.24, 2.45) is 0 Å². The third kappa shape index (κ3) is 1.56. The highest BCUT2D eigenvalue weighted by Crippen LogP contribution is 2.32. The van der Waals surface area contributed by atoms with Gasteiger partial charge in [0.15, 0.2) is 0 Å². The fourth-order valence-corrected chi connectivity index (χ4v) is 2.47. The Balaban J connectivity index is 2.56. The molecule has 1 N–H and O–H groups in total. The van der Waals surface area contributed by atoms with Crippen LogP contribution >= 0.6 is 15.9 Å². The molecule has 0 atom stereocenters. The summed E-state index contributed by atoms with van der Waals surface area (Å²) >= 11 is 3.45. The molecule has 1 aromatic heterocycles. The van der Waals surface area contributed by atoms with Crippen LogP contribution in [0.2, 0.25) is 0 Å². The van der Waals surface area contributed by atoms with Crippen LogP contribution in [0.1, 0.15) is 5.56 Å². The lowest BCUT2D eigenvalue weighted by Crippen LogP contribution is -1.90. The third-order valence-electron chi connectivity index (χ3n) is 2.74. The standard InChI is InChI=1S/C13H9BrN2O/c1-7-6-8(14)11-12(13(7)17)16-10-5-3-2-4-9(10)15-11/h2-6,17H,1H3. The average molecular weight is 289 g/mol. The van der Waals surface area contributed by atoms with Gasteiger partial charge >= 0.3 is 0 Å². The minimum absolute atomic E-state index is 0.196. The van der Waals surface area contributed by atoms with Crippen molar-refractivity contribution in [1.82, 2.24) is 9.97 Å². The van der Waals surface area contributed by atoms with Gasteiger partial charge in [-0.3, -0.25) is 0 Å². The molecule has 2 aromatic carbocycles. The maximum atomic E-state index is 10.0. The maximum absolute atomic E-state index is 10.0. The van der Waals surface area contributed by atoms with Crippen molar-refractivity contribution in [3.8, 4) is 5.75 Å². The number of phenolic OH excluding ortho intramolecular Hbond substituents is 1. The smallest absolute Gasteiger partial charge is 0.146 e. The normalized spacial score (nSPS) is 11.2. The van der Waals surface area contributed by atoms with Gasteiger partial charge in [-0.2, -0.15) is 0 Å². The summed E-state index contributed by atoms with van der Waals surface area (Å²) in [5, 5.41) is 10.0. The first-order chi connectivity index (χ1) is 8.16. The second-order valence-electron chi connectivity index (χ2n) is 3.93. The van der Waals surface area contributed by atoms with Gasteiger partial charge in [-0.15, -0.1) is 0 Å². The molecule has 0 radical (unpaired) electrons. The molecule has 3 nitrogen and oxygen atoms in total. The third-order valence-corrected chi connectivity index (χ3v) is 3.34. The lowest BCUT2D eigenvalue weighted by atomic mass is 10.1. The van der Waals surface area contributed by atoms with Crippen molar-refractivity contribution in [3.05, 3.63) is 40.4 Å². The van der Waals surface area contributed by atoms with Crippen LogP contribution in [-0.4, -0.2) is 15.1 Å². The number of aromatic hydroxyl groups is 1. The number of nitrogens with zero attached hydrogens (tertiary/aromatic N) is 2. The van der Waals surface area contributed by atoms with Crippen LogP contribution in [0, 0.1) is 6.92 Å². The van der Waals surface area contributed by atoms with Crippen LogP contribution in [0.25, 0.3) is 22.1 Å². The van der Waals surface area contributed by atoms with E-state index < -0.39 is 0 Å². The summed E-state index contributed by atoms with van der Waals surface area (Å²) in [6, 6.07) is 9.47. The average Bonchev–Trinajstić information content (AvgIpc) is 2.34. The number of aryl methyl sites for hydroxylation is 1. The first kappa shape index (κ1) is 10.5. The number of benzene rings is 2. The molecule has 1 heterocycles. The van der Waals surface area contributed by atoms with Gasteiger partial charge in [0.25, 0.3) is 0 Å². The van der Waals surface area contributed by atoms with Gasteiger partial charge in [-0.25, -0.2) is 9.97 Å². The quantitative estimate of drug-likeness (QED) is 0.644. The number of hydrogen-bond donors (Lipinski definition) is 1. The van der Waals surface area contributed by atoms with Crippen LogP contribution in [0.3, 0.4) is 0 Å². The summed E-state index contributed by atoms with van der Waals surface area (Å²) in [4.78, 5) is 8.97. The predicted octanol–water partition coefficient (Wildman–Crippen LogP) is 3.56. The zero-order valence-corrected chi connectivity index (χ0v) is 10.7. The van der Waals surface area contributed by atoms with Crippen molar-refractivity contribution >= 4 is 38.0 Å². The van der Waals surface area contributed by atoms with Crippen LogP contribution < -0.4 is 0 Å². The molecule has 0 amide bonds. The van der Waals surface area contributed by atoms with Gasteiger partial charge in [0.2, 0.25) is 0 Å². The van der Waals surface area contributed by atoms with Crippen LogP contribution in [0.4, 0.5) is 0 Å². The highest BCUT2D eigenvalue weighted by molar-refractivity contribution is 9.10. The van der Waals surface area contributed by atoms with Crippen molar-refractivity contribution in [1.29, 1.82) is 0 Å². The monoisotopic (exact) mass is 288 g/mol. The van der Waals surface area contributed by atoms with E-state index in [2.05, 4.69) is 25.9 Å². The molecule has 17 heavy (non-hydrogen) atoms. The number of para-hydroxylation sites is 2. The molecule has 4 heteroatoms. The summed E-state index contributed by atoms with van der Waals surface area (Å²) in [5.41, 5.74) is 3.62. The van der Waals surface area contributed by atoms with Crippen LogP contribution in [0.15, 0.2) is 34.8 Å². The Bertz CT molecular complexity index is 740. The van der Waals surface area contributed by atoms with Crippen molar-refractivity contribution < 1.29 is 5.11 Å². The number of rotatable bonds is 0. The van der Waals surface area contributed by atoms with E-state index in [-0.39, 0.29) is 5.75 Å². The summed E-state index contributed by atoms with van der Waals surface area (Å²) in [6.45, 7) is 1.84. The van der Waals surface area contributed by atoms with Crippen LogP contribution in [0.5, 0.6) is 5.75 Å². The molecule has 0 spiro atoms. The SMILES string of the molecule is Cc1cc(Br)c2nc3ccccc3nc2c1O. The van der Waals surface area contributed by atoms with Gasteiger partial charge in [0, 0.05) is 4.47 Å². The first-order valence-electron chi connectivity index (χ1n) is 5.21. The molecule has 0 aliphatic rings. The molecule has 3 rings (SSSR count). The molecule has 0 bridgehead atoms. The highest BCUT2D eigenvalue weighted by Gasteiger charge is 2.11. The number of halogens is 1. The number of fused-ring (bicyclic) bond motifs is 2. The van der Waals surface area contributed by atoms with Gasteiger partial charge in [-0.05, 0) is 46.6 Å². The van der Waals surface area contributed by atoms with Gasteiger partial charge in [0.1, 0.15) is 16.8 Å². The Morgan fingerprint density at radius 1 is 1.06 bits per heavy atom.